The average molecular weight is 222 g/mol. The summed E-state index contributed by atoms with van der Waals surface area (Å²) in [5, 5.41) is 12.0. The molecule has 0 radical (unpaired) electrons. The zero-order valence-electron chi connectivity index (χ0n) is 7.68. The van der Waals surface area contributed by atoms with Crippen molar-refractivity contribution in [2.24, 2.45) is 5.73 Å². The fraction of sp³-hybridized carbons (Fsp3) is 0. The van der Waals surface area contributed by atoms with E-state index in [1.807, 2.05) is 0 Å². The Hall–Kier alpha value is -1.88. The Labute approximate surface area is 91.0 Å². The van der Waals surface area contributed by atoms with Crippen molar-refractivity contribution in [1.82, 2.24) is 14.8 Å². The Kier molecular flexibility index (Phi) is 2.39. The van der Waals surface area contributed by atoms with Gasteiger partial charge in [0.2, 0.25) is 0 Å². The molecular formula is C9H8ClN5. The molecule has 0 aliphatic rings. The highest BCUT2D eigenvalue weighted by Gasteiger charge is 2.07. The minimum absolute atomic E-state index is 0.0287. The lowest BCUT2D eigenvalue weighted by atomic mass is 10.2. The van der Waals surface area contributed by atoms with E-state index in [0.717, 1.165) is 0 Å². The van der Waals surface area contributed by atoms with Gasteiger partial charge in [0.05, 0.1) is 23.1 Å². The lowest BCUT2D eigenvalue weighted by molar-refractivity contribution is 0.871. The average Bonchev–Trinajstić information content (AvgIpc) is 2.65. The third-order valence-corrected chi connectivity index (χ3v) is 2.08. The highest BCUT2D eigenvalue weighted by Crippen LogP contribution is 2.14. The van der Waals surface area contributed by atoms with Crippen molar-refractivity contribution in [1.29, 1.82) is 5.41 Å². The van der Waals surface area contributed by atoms with Crippen LogP contribution in [0.25, 0.3) is 5.69 Å². The van der Waals surface area contributed by atoms with E-state index in [9.17, 15) is 0 Å². The maximum absolute atomic E-state index is 7.41. The Bertz CT molecular complexity index is 505. The summed E-state index contributed by atoms with van der Waals surface area (Å²) < 4.78 is 1.53. The Morgan fingerprint density at radius 3 is 2.87 bits per heavy atom. The molecule has 0 atom stereocenters. The van der Waals surface area contributed by atoms with Crippen LogP contribution in [0.15, 0.2) is 30.9 Å². The van der Waals surface area contributed by atoms with E-state index < -0.39 is 0 Å². The zero-order valence-corrected chi connectivity index (χ0v) is 8.44. The number of nitrogen functional groups attached to an aromatic ring is 1. The van der Waals surface area contributed by atoms with Crippen LogP contribution in [0, 0.1) is 5.41 Å². The van der Waals surface area contributed by atoms with Gasteiger partial charge in [-0.05, 0) is 6.07 Å². The minimum atomic E-state index is -0.0287. The van der Waals surface area contributed by atoms with Crippen molar-refractivity contribution in [3.8, 4) is 5.69 Å². The normalized spacial score (nSPS) is 10.2. The van der Waals surface area contributed by atoms with Gasteiger partial charge < -0.3 is 5.73 Å². The molecule has 76 valence electrons. The number of nitrogens with one attached hydrogen (secondary N) is 1. The van der Waals surface area contributed by atoms with Gasteiger partial charge in [0.1, 0.15) is 5.84 Å². The van der Waals surface area contributed by atoms with Crippen LogP contribution in [-0.4, -0.2) is 20.6 Å². The Balaban J connectivity index is 2.57. The van der Waals surface area contributed by atoms with Gasteiger partial charge in [-0.15, -0.1) is 0 Å². The first-order valence-corrected chi connectivity index (χ1v) is 4.55. The summed E-state index contributed by atoms with van der Waals surface area (Å²) >= 11 is 5.75. The summed E-state index contributed by atoms with van der Waals surface area (Å²) in [7, 11) is 0. The van der Waals surface area contributed by atoms with E-state index in [1.54, 1.807) is 24.7 Å². The number of nitrogens with two attached hydrogens (primary N) is 1. The number of hydrogen-bond acceptors (Lipinski definition) is 3. The minimum Gasteiger partial charge on any atom is -0.384 e. The number of nitrogens with zero attached hydrogens (tertiary/aromatic N) is 3. The number of amidine groups is 1. The molecule has 0 amide bonds. The van der Waals surface area contributed by atoms with Crippen LogP contribution in [0.4, 0.5) is 0 Å². The summed E-state index contributed by atoms with van der Waals surface area (Å²) in [6.07, 6.45) is 6.30. The molecule has 0 saturated heterocycles. The summed E-state index contributed by atoms with van der Waals surface area (Å²) in [5.41, 5.74) is 6.65. The molecule has 3 N–H and O–H groups in total. The van der Waals surface area contributed by atoms with E-state index in [0.29, 0.717) is 16.3 Å². The standard InChI is InChI=1S/C9H8ClN5/c10-6-3-14-15(5-6)8-4-13-2-1-7(8)9(11)12/h1-5H,(H3,11,12). The Morgan fingerprint density at radius 1 is 1.47 bits per heavy atom. The molecule has 2 aromatic heterocycles. The summed E-state index contributed by atoms with van der Waals surface area (Å²) in [6.45, 7) is 0. The van der Waals surface area contributed by atoms with E-state index in [-0.39, 0.29) is 5.84 Å². The van der Waals surface area contributed by atoms with Crippen LogP contribution in [0.1, 0.15) is 5.56 Å². The molecule has 0 aliphatic carbocycles. The highest BCUT2D eigenvalue weighted by molar-refractivity contribution is 6.30. The molecule has 0 aromatic carbocycles. The molecule has 0 bridgehead atoms. The third-order valence-electron chi connectivity index (χ3n) is 1.89. The van der Waals surface area contributed by atoms with Crippen LogP contribution in [0.5, 0.6) is 0 Å². The molecule has 0 aliphatic heterocycles. The quantitative estimate of drug-likeness (QED) is 0.591. The third kappa shape index (κ3) is 1.82. The number of aromatic nitrogens is 3. The largest absolute Gasteiger partial charge is 0.384 e. The van der Waals surface area contributed by atoms with Gasteiger partial charge in [-0.1, -0.05) is 11.6 Å². The number of halogens is 1. The van der Waals surface area contributed by atoms with Crippen LogP contribution in [0.3, 0.4) is 0 Å². The van der Waals surface area contributed by atoms with Crippen molar-refractivity contribution in [3.05, 3.63) is 41.4 Å². The van der Waals surface area contributed by atoms with Gasteiger partial charge in [-0.3, -0.25) is 10.4 Å². The van der Waals surface area contributed by atoms with Gasteiger partial charge in [-0.25, -0.2) is 4.68 Å². The van der Waals surface area contributed by atoms with Crippen LogP contribution >= 0.6 is 11.6 Å². The molecule has 0 spiro atoms. The van der Waals surface area contributed by atoms with Gasteiger partial charge in [0.15, 0.2) is 0 Å². The summed E-state index contributed by atoms with van der Waals surface area (Å²) in [4.78, 5) is 3.96. The highest BCUT2D eigenvalue weighted by atomic mass is 35.5. The van der Waals surface area contributed by atoms with E-state index in [2.05, 4.69) is 10.1 Å². The fourth-order valence-electron chi connectivity index (χ4n) is 1.23. The first-order valence-electron chi connectivity index (χ1n) is 4.17. The lowest BCUT2D eigenvalue weighted by Gasteiger charge is -2.06. The topological polar surface area (TPSA) is 80.6 Å². The molecule has 15 heavy (non-hydrogen) atoms. The van der Waals surface area contributed by atoms with Crippen molar-refractivity contribution in [2.75, 3.05) is 0 Å². The summed E-state index contributed by atoms with van der Waals surface area (Å²) in [5.74, 6) is -0.0287. The lowest BCUT2D eigenvalue weighted by Crippen LogP contribution is -2.15. The molecule has 2 rings (SSSR count). The van der Waals surface area contributed by atoms with Gasteiger partial charge in [-0.2, -0.15) is 5.10 Å². The first kappa shape index (κ1) is 9.67. The molecule has 0 fully saturated rings. The molecule has 0 saturated carbocycles. The molecule has 2 heterocycles. The number of pyridine rings is 1. The fourth-order valence-corrected chi connectivity index (χ4v) is 1.37. The molecule has 0 unspecified atom stereocenters. The van der Waals surface area contributed by atoms with Crippen molar-refractivity contribution < 1.29 is 0 Å². The van der Waals surface area contributed by atoms with Crippen LogP contribution < -0.4 is 5.73 Å². The predicted molar refractivity (Wildman–Crippen MR) is 57.4 cm³/mol. The maximum Gasteiger partial charge on any atom is 0.125 e. The Morgan fingerprint density at radius 2 is 2.27 bits per heavy atom. The molecular weight excluding hydrogens is 214 g/mol. The van der Waals surface area contributed by atoms with E-state index >= 15 is 0 Å². The van der Waals surface area contributed by atoms with E-state index in [4.69, 9.17) is 22.7 Å². The molecule has 5 nitrogen and oxygen atoms in total. The smallest absolute Gasteiger partial charge is 0.125 e. The first-order chi connectivity index (χ1) is 7.18. The monoisotopic (exact) mass is 221 g/mol. The van der Waals surface area contributed by atoms with Crippen molar-refractivity contribution in [3.63, 3.8) is 0 Å². The second kappa shape index (κ2) is 3.70. The number of hydrogen-bond donors (Lipinski definition) is 2. The van der Waals surface area contributed by atoms with Gasteiger partial charge in [0.25, 0.3) is 0 Å². The SMILES string of the molecule is N=C(N)c1ccncc1-n1cc(Cl)cn1. The van der Waals surface area contributed by atoms with Crippen molar-refractivity contribution in [2.45, 2.75) is 0 Å². The summed E-state index contributed by atoms with van der Waals surface area (Å²) in [6, 6.07) is 1.66. The van der Waals surface area contributed by atoms with Gasteiger partial charge >= 0.3 is 0 Å². The number of rotatable bonds is 2. The van der Waals surface area contributed by atoms with Crippen LogP contribution in [0.2, 0.25) is 5.02 Å². The predicted octanol–water partition coefficient (Wildman–Crippen LogP) is 1.20. The van der Waals surface area contributed by atoms with Gasteiger partial charge in [0, 0.05) is 18.0 Å². The molecule has 2 aromatic rings. The second-order valence-corrected chi connectivity index (χ2v) is 3.35. The maximum atomic E-state index is 7.41. The zero-order chi connectivity index (χ0) is 10.8. The van der Waals surface area contributed by atoms with Crippen LogP contribution in [-0.2, 0) is 0 Å². The van der Waals surface area contributed by atoms with Crippen molar-refractivity contribution >= 4 is 17.4 Å². The second-order valence-electron chi connectivity index (χ2n) is 2.91. The molecule has 6 heteroatoms. The van der Waals surface area contributed by atoms with E-state index in [1.165, 1.54) is 10.9 Å².